The molecular weight excluding hydrogens is 401 g/mol. The van der Waals surface area contributed by atoms with Crippen LogP contribution in [0.1, 0.15) is 17.5 Å². The molecular formula is C20H19Cl2N3O3. The fourth-order valence-electron chi connectivity index (χ4n) is 2.46. The van der Waals surface area contributed by atoms with Crippen LogP contribution in [0.5, 0.6) is 0 Å². The third-order valence-electron chi connectivity index (χ3n) is 3.87. The van der Waals surface area contributed by atoms with E-state index >= 15 is 0 Å². The van der Waals surface area contributed by atoms with Crippen LogP contribution in [0.25, 0.3) is 0 Å². The number of amides is 2. The van der Waals surface area contributed by atoms with Gasteiger partial charge in [0.1, 0.15) is 19.2 Å². The van der Waals surface area contributed by atoms with Gasteiger partial charge in [0.15, 0.2) is 0 Å². The van der Waals surface area contributed by atoms with Gasteiger partial charge >= 0.3 is 6.09 Å². The van der Waals surface area contributed by atoms with Gasteiger partial charge in [-0.3, -0.25) is 4.79 Å². The second-order valence-electron chi connectivity index (χ2n) is 5.91. The summed E-state index contributed by atoms with van der Waals surface area (Å²) < 4.78 is 5.17. The van der Waals surface area contributed by atoms with Crippen LogP contribution in [0, 0.1) is 11.3 Å². The summed E-state index contributed by atoms with van der Waals surface area (Å²) >= 11 is 12.1. The second kappa shape index (κ2) is 11.2. The maximum atomic E-state index is 12.3. The van der Waals surface area contributed by atoms with Gasteiger partial charge in [0.05, 0.1) is 6.07 Å². The van der Waals surface area contributed by atoms with E-state index in [0.717, 1.165) is 11.1 Å². The number of halogens is 2. The van der Waals surface area contributed by atoms with Crippen molar-refractivity contribution in [3.63, 3.8) is 0 Å². The summed E-state index contributed by atoms with van der Waals surface area (Å²) in [6.07, 6.45) is -0.0565. The fourth-order valence-corrected chi connectivity index (χ4v) is 2.87. The molecule has 1 atom stereocenters. The number of carbonyl (C=O) groups is 2. The molecule has 28 heavy (non-hydrogen) atoms. The molecule has 0 radical (unpaired) electrons. The third kappa shape index (κ3) is 7.10. The molecule has 0 spiro atoms. The van der Waals surface area contributed by atoms with Gasteiger partial charge in [-0.25, -0.2) is 4.79 Å². The molecule has 2 aromatic rings. The lowest BCUT2D eigenvalue weighted by atomic mass is 10.0. The smallest absolute Gasteiger partial charge is 0.408 e. The molecule has 146 valence electrons. The zero-order valence-corrected chi connectivity index (χ0v) is 16.5. The summed E-state index contributed by atoms with van der Waals surface area (Å²) in [6.45, 7) is -0.0761. The maximum Gasteiger partial charge on any atom is 0.408 e. The van der Waals surface area contributed by atoms with Gasteiger partial charge in [-0.1, -0.05) is 53.5 Å². The molecule has 2 aromatic carbocycles. The van der Waals surface area contributed by atoms with Crippen LogP contribution in [0.3, 0.4) is 0 Å². The van der Waals surface area contributed by atoms with E-state index in [4.69, 9.17) is 33.2 Å². The number of aryl methyl sites for hydroxylation is 1. The highest BCUT2D eigenvalue weighted by molar-refractivity contribution is 6.33. The predicted molar refractivity (Wildman–Crippen MR) is 107 cm³/mol. The molecule has 2 N–H and O–H groups in total. The number of alkyl carbamates (subject to hydrolysis) is 1. The van der Waals surface area contributed by atoms with Gasteiger partial charge in [0.25, 0.3) is 0 Å². The number of ether oxygens (including phenoxy) is 1. The molecule has 0 heterocycles. The first-order valence-corrected chi connectivity index (χ1v) is 9.31. The number of hydrogen-bond donors (Lipinski definition) is 2. The van der Waals surface area contributed by atoms with E-state index in [1.165, 1.54) is 0 Å². The normalized spacial score (nSPS) is 11.2. The number of benzene rings is 2. The van der Waals surface area contributed by atoms with Crippen molar-refractivity contribution in [1.29, 1.82) is 5.26 Å². The standard InChI is InChI=1S/C20H19Cl2N3O3/c21-16-7-8-17(22)15(12-16)6-9-18(19(26)24-11-10-23)25-20(27)28-13-14-4-2-1-3-5-14/h1-5,7-8,12,18H,6,9,11,13H2,(H,24,26)(H,25,27). The molecule has 0 aliphatic carbocycles. The first kappa shape index (κ1) is 21.5. The third-order valence-corrected chi connectivity index (χ3v) is 4.48. The molecule has 0 aromatic heterocycles. The van der Waals surface area contributed by atoms with Gasteiger partial charge < -0.3 is 15.4 Å². The Morgan fingerprint density at radius 2 is 1.89 bits per heavy atom. The van der Waals surface area contributed by atoms with Crippen LogP contribution in [0.15, 0.2) is 48.5 Å². The van der Waals surface area contributed by atoms with E-state index in [2.05, 4.69) is 10.6 Å². The van der Waals surface area contributed by atoms with E-state index < -0.39 is 18.0 Å². The average Bonchev–Trinajstić information content (AvgIpc) is 2.70. The van der Waals surface area contributed by atoms with Crippen LogP contribution < -0.4 is 10.6 Å². The summed E-state index contributed by atoms with van der Waals surface area (Å²) in [6, 6.07) is 15.2. The van der Waals surface area contributed by atoms with Gasteiger partial charge in [-0.15, -0.1) is 0 Å². The summed E-state index contributed by atoms with van der Waals surface area (Å²) in [5, 5.41) is 14.7. The molecule has 6 nitrogen and oxygen atoms in total. The van der Waals surface area contributed by atoms with Crippen molar-refractivity contribution < 1.29 is 14.3 Å². The average molecular weight is 420 g/mol. The molecule has 0 saturated heterocycles. The minimum atomic E-state index is -0.883. The Kier molecular flexibility index (Phi) is 8.60. The van der Waals surface area contributed by atoms with Crippen molar-refractivity contribution >= 4 is 35.2 Å². The van der Waals surface area contributed by atoms with Crippen LogP contribution in [-0.2, 0) is 22.6 Å². The summed E-state index contributed by atoms with van der Waals surface area (Å²) in [5.41, 5.74) is 1.58. The zero-order valence-electron chi connectivity index (χ0n) is 15.0. The molecule has 2 amide bonds. The van der Waals surface area contributed by atoms with Crippen LogP contribution in [0.2, 0.25) is 10.0 Å². The Bertz CT molecular complexity index is 854. The first-order chi connectivity index (χ1) is 13.5. The molecule has 0 fully saturated rings. The predicted octanol–water partition coefficient (Wildman–Crippen LogP) is 3.86. The van der Waals surface area contributed by atoms with E-state index in [1.54, 1.807) is 18.2 Å². The molecule has 1 unspecified atom stereocenters. The highest BCUT2D eigenvalue weighted by Gasteiger charge is 2.21. The molecule has 2 rings (SSSR count). The lowest BCUT2D eigenvalue weighted by Crippen LogP contribution is -2.47. The minimum Gasteiger partial charge on any atom is -0.445 e. The molecule has 0 saturated carbocycles. The van der Waals surface area contributed by atoms with Crippen molar-refractivity contribution in [2.24, 2.45) is 0 Å². The number of carbonyl (C=O) groups excluding carboxylic acids is 2. The van der Waals surface area contributed by atoms with Gasteiger partial charge in [0.2, 0.25) is 5.91 Å². The Hall–Kier alpha value is -2.75. The van der Waals surface area contributed by atoms with Gasteiger partial charge in [0, 0.05) is 10.0 Å². The Morgan fingerprint density at radius 1 is 1.14 bits per heavy atom. The van der Waals surface area contributed by atoms with Gasteiger partial charge in [-0.05, 0) is 42.2 Å². The van der Waals surface area contributed by atoms with Gasteiger partial charge in [-0.2, -0.15) is 5.26 Å². The molecule has 0 aliphatic rings. The van der Waals surface area contributed by atoms with E-state index in [-0.39, 0.29) is 19.6 Å². The summed E-state index contributed by atoms with van der Waals surface area (Å²) in [7, 11) is 0. The fraction of sp³-hybridized carbons (Fsp3) is 0.250. The topological polar surface area (TPSA) is 91.2 Å². The monoisotopic (exact) mass is 419 g/mol. The van der Waals surface area contributed by atoms with Crippen molar-refractivity contribution in [3.05, 3.63) is 69.7 Å². The van der Waals surface area contributed by atoms with Crippen molar-refractivity contribution in [3.8, 4) is 6.07 Å². The number of nitriles is 1. The molecule has 0 bridgehead atoms. The first-order valence-electron chi connectivity index (χ1n) is 8.55. The second-order valence-corrected chi connectivity index (χ2v) is 6.75. The molecule has 0 aliphatic heterocycles. The van der Waals surface area contributed by atoms with E-state index in [0.29, 0.717) is 16.5 Å². The number of nitrogens with zero attached hydrogens (tertiary/aromatic N) is 1. The highest BCUT2D eigenvalue weighted by atomic mass is 35.5. The highest BCUT2D eigenvalue weighted by Crippen LogP contribution is 2.22. The quantitative estimate of drug-likeness (QED) is 0.635. The van der Waals surface area contributed by atoms with E-state index in [9.17, 15) is 9.59 Å². The van der Waals surface area contributed by atoms with E-state index in [1.807, 2.05) is 36.4 Å². The lowest BCUT2D eigenvalue weighted by Gasteiger charge is -2.18. The maximum absolute atomic E-state index is 12.3. The van der Waals surface area contributed by atoms with Crippen LogP contribution >= 0.6 is 23.2 Å². The largest absolute Gasteiger partial charge is 0.445 e. The summed E-state index contributed by atoms with van der Waals surface area (Å²) in [4.78, 5) is 24.4. The SMILES string of the molecule is N#CCNC(=O)C(CCc1cc(Cl)ccc1Cl)NC(=O)OCc1ccccc1. The van der Waals surface area contributed by atoms with Crippen LogP contribution in [-0.4, -0.2) is 24.6 Å². The van der Waals surface area contributed by atoms with Crippen LogP contribution in [0.4, 0.5) is 4.79 Å². The Morgan fingerprint density at radius 3 is 2.61 bits per heavy atom. The van der Waals surface area contributed by atoms with Crippen molar-refractivity contribution in [2.75, 3.05) is 6.54 Å². The lowest BCUT2D eigenvalue weighted by molar-refractivity contribution is -0.123. The minimum absolute atomic E-state index is 0.0827. The Labute approximate surface area is 173 Å². The molecule has 8 heteroatoms. The summed E-state index contributed by atoms with van der Waals surface area (Å²) in [5.74, 6) is -0.476. The Balaban J connectivity index is 1.97. The van der Waals surface area contributed by atoms with Crippen molar-refractivity contribution in [1.82, 2.24) is 10.6 Å². The number of hydrogen-bond acceptors (Lipinski definition) is 4. The van der Waals surface area contributed by atoms with Crippen molar-refractivity contribution in [2.45, 2.75) is 25.5 Å². The number of nitrogens with one attached hydrogen (secondary N) is 2. The zero-order chi connectivity index (χ0) is 20.4. The number of rotatable bonds is 8.